The van der Waals surface area contributed by atoms with Crippen molar-refractivity contribution < 1.29 is 14.7 Å². The summed E-state index contributed by atoms with van der Waals surface area (Å²) < 4.78 is 0. The second-order valence-electron chi connectivity index (χ2n) is 6.53. The highest BCUT2D eigenvalue weighted by molar-refractivity contribution is 5.94. The summed E-state index contributed by atoms with van der Waals surface area (Å²) in [5.74, 6) is 0. The van der Waals surface area contributed by atoms with Gasteiger partial charge < -0.3 is 26.8 Å². The molecule has 1 aliphatic heterocycles. The number of aliphatic hydroxyl groups excluding tert-OH is 1. The van der Waals surface area contributed by atoms with Crippen molar-refractivity contribution in [3.05, 3.63) is 47.5 Å². The van der Waals surface area contributed by atoms with E-state index in [0.29, 0.717) is 35.3 Å². The number of nitrogens with zero attached hydrogens (tertiary/aromatic N) is 2. The molecule has 0 saturated heterocycles. The number of carbonyl (C=O) groups excluding carboxylic acids is 2. The number of nitrogens with two attached hydrogens (primary N) is 2. The van der Waals surface area contributed by atoms with Crippen LogP contribution in [0.5, 0.6) is 0 Å². The van der Waals surface area contributed by atoms with Crippen LogP contribution < -0.4 is 16.8 Å². The van der Waals surface area contributed by atoms with Crippen molar-refractivity contribution in [1.82, 2.24) is 4.90 Å². The third-order valence-electron chi connectivity index (χ3n) is 4.53. The van der Waals surface area contributed by atoms with Crippen LogP contribution in [0.2, 0.25) is 0 Å². The Morgan fingerprint density at radius 1 is 1.14 bits per heavy atom. The van der Waals surface area contributed by atoms with Crippen LogP contribution >= 0.6 is 0 Å². The SMILES string of the molecule is CCCCCN1C=Nc2cccc(N)c2C1O.Nc1cccc(NC=O)c1C=O. The molecular weight excluding hydrogens is 370 g/mol. The first kappa shape index (κ1) is 21.9. The molecule has 0 bridgehead atoms. The molecule has 2 aromatic carbocycles. The van der Waals surface area contributed by atoms with Crippen LogP contribution in [-0.4, -0.2) is 35.6 Å². The maximum absolute atomic E-state index is 10.5. The van der Waals surface area contributed by atoms with Gasteiger partial charge in [-0.25, -0.2) is 4.99 Å². The van der Waals surface area contributed by atoms with Gasteiger partial charge in [0.05, 0.1) is 23.3 Å². The number of benzene rings is 2. The highest BCUT2D eigenvalue weighted by Gasteiger charge is 2.23. The largest absolute Gasteiger partial charge is 0.398 e. The standard InChI is InChI=1S/C13H19N3O.C8H8N2O2/c1-2-3-4-8-16-9-15-11-7-5-6-10(14)12(11)13(16)17;9-7-2-1-3-8(10-5-12)6(7)4-11/h5-7,9,13,17H,2-4,8,14H2,1H3;1-5H,9H2,(H,10,12). The number of anilines is 3. The maximum atomic E-state index is 10.5. The van der Waals surface area contributed by atoms with Crippen LogP contribution in [-0.2, 0) is 4.79 Å². The fraction of sp³-hybridized carbons (Fsp3) is 0.286. The van der Waals surface area contributed by atoms with E-state index < -0.39 is 6.23 Å². The van der Waals surface area contributed by atoms with Crippen molar-refractivity contribution in [3.8, 4) is 0 Å². The second kappa shape index (κ2) is 10.8. The van der Waals surface area contributed by atoms with Crippen LogP contribution in [0, 0.1) is 0 Å². The first-order valence-corrected chi connectivity index (χ1v) is 9.43. The Kier molecular flexibility index (Phi) is 8.17. The van der Waals surface area contributed by atoms with Crippen LogP contribution in [0.1, 0.15) is 48.3 Å². The zero-order valence-corrected chi connectivity index (χ0v) is 16.4. The van der Waals surface area contributed by atoms with Gasteiger partial charge in [0, 0.05) is 23.5 Å². The lowest BCUT2D eigenvalue weighted by Gasteiger charge is -2.30. The number of amides is 1. The molecule has 154 valence electrons. The lowest BCUT2D eigenvalue weighted by Crippen LogP contribution is -2.31. The monoisotopic (exact) mass is 397 g/mol. The fourth-order valence-electron chi connectivity index (χ4n) is 2.96. The van der Waals surface area contributed by atoms with E-state index in [2.05, 4.69) is 17.2 Å². The number of aliphatic imine (C=N–C) groups is 1. The molecule has 1 amide bonds. The van der Waals surface area contributed by atoms with Gasteiger partial charge in [-0.05, 0) is 30.7 Å². The minimum atomic E-state index is -0.666. The molecule has 0 aromatic heterocycles. The summed E-state index contributed by atoms with van der Waals surface area (Å²) in [6.07, 6.45) is 5.54. The van der Waals surface area contributed by atoms with Gasteiger partial charge in [0.15, 0.2) is 12.5 Å². The number of aldehydes is 1. The van der Waals surface area contributed by atoms with Gasteiger partial charge >= 0.3 is 0 Å². The molecule has 0 spiro atoms. The zero-order chi connectivity index (χ0) is 21.2. The quantitative estimate of drug-likeness (QED) is 0.322. The van der Waals surface area contributed by atoms with Crippen molar-refractivity contribution >= 4 is 41.8 Å². The summed E-state index contributed by atoms with van der Waals surface area (Å²) in [5, 5.41) is 12.6. The molecule has 0 fully saturated rings. The topological polar surface area (TPSA) is 134 Å². The molecule has 1 atom stereocenters. The highest BCUT2D eigenvalue weighted by Crippen LogP contribution is 2.35. The number of nitrogen functional groups attached to an aromatic ring is 2. The van der Waals surface area contributed by atoms with Crippen molar-refractivity contribution in [2.45, 2.75) is 32.4 Å². The molecule has 0 saturated carbocycles. The number of rotatable bonds is 7. The van der Waals surface area contributed by atoms with E-state index in [1.165, 1.54) is 6.42 Å². The van der Waals surface area contributed by atoms with E-state index in [4.69, 9.17) is 11.5 Å². The Labute approximate surface area is 170 Å². The van der Waals surface area contributed by atoms with Crippen LogP contribution in [0.25, 0.3) is 0 Å². The normalized spacial score (nSPS) is 14.4. The molecule has 0 aliphatic carbocycles. The number of carbonyl (C=O) groups is 2. The first-order chi connectivity index (χ1) is 14.0. The van der Waals surface area contributed by atoms with Gasteiger partial charge in [0.1, 0.15) is 0 Å². The summed E-state index contributed by atoms with van der Waals surface area (Å²) in [7, 11) is 0. The molecule has 2 aromatic rings. The zero-order valence-electron chi connectivity index (χ0n) is 16.4. The summed E-state index contributed by atoms with van der Waals surface area (Å²) in [6, 6.07) is 10.4. The Morgan fingerprint density at radius 2 is 1.86 bits per heavy atom. The molecule has 1 aliphatic rings. The number of aliphatic hydroxyl groups is 1. The number of hydrogen-bond acceptors (Lipinski definition) is 7. The van der Waals surface area contributed by atoms with Crippen LogP contribution in [0.3, 0.4) is 0 Å². The molecule has 3 rings (SSSR count). The average molecular weight is 397 g/mol. The fourth-order valence-corrected chi connectivity index (χ4v) is 2.96. The van der Waals surface area contributed by atoms with Gasteiger partial charge in [-0.3, -0.25) is 9.59 Å². The van der Waals surface area contributed by atoms with E-state index >= 15 is 0 Å². The number of nitrogens with one attached hydrogen (secondary N) is 1. The summed E-state index contributed by atoms with van der Waals surface area (Å²) in [5.41, 5.74) is 14.6. The van der Waals surface area contributed by atoms with E-state index in [1.807, 2.05) is 17.0 Å². The molecule has 0 radical (unpaired) electrons. The minimum Gasteiger partial charge on any atom is -0.398 e. The van der Waals surface area contributed by atoms with Gasteiger partial charge in [-0.2, -0.15) is 0 Å². The van der Waals surface area contributed by atoms with Crippen molar-refractivity contribution in [1.29, 1.82) is 0 Å². The first-order valence-electron chi connectivity index (χ1n) is 9.43. The highest BCUT2D eigenvalue weighted by atomic mass is 16.3. The summed E-state index contributed by atoms with van der Waals surface area (Å²) in [6.45, 7) is 2.97. The average Bonchev–Trinajstić information content (AvgIpc) is 2.71. The number of hydrogen-bond donors (Lipinski definition) is 4. The number of fused-ring (bicyclic) bond motifs is 1. The molecule has 8 nitrogen and oxygen atoms in total. The minimum absolute atomic E-state index is 0.310. The van der Waals surface area contributed by atoms with E-state index in [0.717, 1.165) is 30.6 Å². The summed E-state index contributed by atoms with van der Waals surface area (Å²) in [4.78, 5) is 26.7. The van der Waals surface area contributed by atoms with Crippen molar-refractivity contribution in [2.75, 3.05) is 23.3 Å². The lowest BCUT2D eigenvalue weighted by atomic mass is 10.1. The third kappa shape index (κ3) is 5.55. The Balaban J connectivity index is 0.000000221. The summed E-state index contributed by atoms with van der Waals surface area (Å²) >= 11 is 0. The van der Waals surface area contributed by atoms with E-state index in [1.54, 1.807) is 30.6 Å². The van der Waals surface area contributed by atoms with Gasteiger partial charge in [-0.15, -0.1) is 0 Å². The van der Waals surface area contributed by atoms with Gasteiger partial charge in [0.25, 0.3) is 0 Å². The van der Waals surface area contributed by atoms with Crippen LogP contribution in [0.4, 0.5) is 22.7 Å². The smallest absolute Gasteiger partial charge is 0.211 e. The molecular formula is C21H27N5O3. The van der Waals surface area contributed by atoms with E-state index in [9.17, 15) is 14.7 Å². The second-order valence-corrected chi connectivity index (χ2v) is 6.53. The number of unbranched alkanes of at least 4 members (excludes halogenated alkanes) is 2. The Hall–Kier alpha value is -3.39. The molecule has 6 N–H and O–H groups in total. The third-order valence-corrected chi connectivity index (χ3v) is 4.53. The molecule has 29 heavy (non-hydrogen) atoms. The van der Waals surface area contributed by atoms with Gasteiger partial charge in [0.2, 0.25) is 6.41 Å². The maximum Gasteiger partial charge on any atom is 0.211 e. The predicted octanol–water partition coefficient (Wildman–Crippen LogP) is 3.07. The van der Waals surface area contributed by atoms with Crippen molar-refractivity contribution in [2.24, 2.45) is 4.99 Å². The Morgan fingerprint density at radius 3 is 2.55 bits per heavy atom. The Bertz CT molecular complexity index is 869. The predicted molar refractivity (Wildman–Crippen MR) is 116 cm³/mol. The molecule has 1 heterocycles. The van der Waals surface area contributed by atoms with Crippen LogP contribution in [0.15, 0.2) is 41.4 Å². The molecule has 1 unspecified atom stereocenters. The molecule has 8 heteroatoms. The lowest BCUT2D eigenvalue weighted by molar-refractivity contribution is -0.105. The van der Waals surface area contributed by atoms with Gasteiger partial charge in [-0.1, -0.05) is 31.9 Å². The van der Waals surface area contributed by atoms with Crippen molar-refractivity contribution in [3.63, 3.8) is 0 Å². The van der Waals surface area contributed by atoms with E-state index in [-0.39, 0.29) is 0 Å².